The minimum absolute atomic E-state index is 0.507. The van der Waals surface area contributed by atoms with Gasteiger partial charge < -0.3 is 4.48 Å². The fourth-order valence-electron chi connectivity index (χ4n) is 2.99. The summed E-state index contributed by atoms with van der Waals surface area (Å²) in [6, 6.07) is 10.7. The van der Waals surface area contributed by atoms with Crippen molar-refractivity contribution in [3.8, 4) is 0 Å². The number of likely N-dealkylation sites (N-methyl/N-ethyl adjacent to an activating group) is 1. The quantitative estimate of drug-likeness (QED) is 0.506. The molecule has 3 heteroatoms. The predicted molar refractivity (Wildman–Crippen MR) is 86.9 cm³/mol. The lowest BCUT2D eigenvalue weighted by molar-refractivity contribution is -0.930. The largest absolute Gasteiger partial charge is 0.320 e. The monoisotopic (exact) mass is 272 g/mol. The van der Waals surface area contributed by atoms with E-state index in [1.54, 1.807) is 0 Å². The molecular formula is C17H26N3+. The molecule has 1 fully saturated rings. The Labute approximate surface area is 122 Å². The third kappa shape index (κ3) is 3.28. The van der Waals surface area contributed by atoms with Crippen molar-refractivity contribution in [2.45, 2.75) is 26.3 Å². The molecule has 0 radical (unpaired) electrons. The molecule has 3 nitrogen and oxygen atoms in total. The van der Waals surface area contributed by atoms with Gasteiger partial charge in [0.05, 0.1) is 37.6 Å². The maximum absolute atomic E-state index is 4.64. The van der Waals surface area contributed by atoms with Gasteiger partial charge in [-0.15, -0.1) is 0 Å². The first kappa shape index (κ1) is 14.8. The molecule has 1 unspecified atom stereocenters. The van der Waals surface area contributed by atoms with Crippen LogP contribution in [0.2, 0.25) is 0 Å². The first-order valence-corrected chi connectivity index (χ1v) is 7.38. The van der Waals surface area contributed by atoms with E-state index < -0.39 is 0 Å². The van der Waals surface area contributed by atoms with E-state index in [4.69, 9.17) is 0 Å². The lowest BCUT2D eigenvalue weighted by Crippen LogP contribution is -2.58. The summed E-state index contributed by atoms with van der Waals surface area (Å²) in [6.07, 6.45) is 3.08. The number of quaternary nitrogens is 1. The van der Waals surface area contributed by atoms with Crippen molar-refractivity contribution in [2.75, 3.05) is 25.6 Å². The Morgan fingerprint density at radius 1 is 1.35 bits per heavy atom. The van der Waals surface area contributed by atoms with Crippen molar-refractivity contribution in [1.82, 2.24) is 0 Å². The van der Waals surface area contributed by atoms with E-state index in [1.807, 2.05) is 36.4 Å². The molecule has 1 aliphatic heterocycles. The summed E-state index contributed by atoms with van der Waals surface area (Å²) in [7, 11) is 2.32. The molecule has 0 spiro atoms. The molecular weight excluding hydrogens is 246 g/mol. The van der Waals surface area contributed by atoms with E-state index in [9.17, 15) is 0 Å². The van der Waals surface area contributed by atoms with Gasteiger partial charge in [-0.05, 0) is 25.1 Å². The van der Waals surface area contributed by atoms with Crippen LogP contribution in [0.3, 0.4) is 0 Å². The molecule has 0 saturated carbocycles. The van der Waals surface area contributed by atoms with Crippen LogP contribution in [0.5, 0.6) is 0 Å². The number of nitrogens with one attached hydrogen (secondary N) is 1. The Bertz CT molecular complexity index is 480. The minimum atomic E-state index is 0.507. The fraction of sp³-hybridized carbons (Fsp3) is 0.471. The zero-order valence-corrected chi connectivity index (χ0v) is 12.8. The molecule has 1 aromatic rings. The zero-order chi connectivity index (χ0) is 14.6. The van der Waals surface area contributed by atoms with Crippen LogP contribution in [0, 0.1) is 5.92 Å². The number of likely N-dealkylation sites (tertiary alicyclic amines) is 1. The highest BCUT2D eigenvalue weighted by Gasteiger charge is 2.38. The van der Waals surface area contributed by atoms with Crippen LogP contribution in [0.25, 0.3) is 0 Å². The number of hydrogen-bond acceptors (Lipinski definition) is 2. The Hall–Kier alpha value is -1.61. The number of nitrogens with zero attached hydrogens (tertiary/aromatic N) is 2. The number of hydrazone groups is 1. The summed E-state index contributed by atoms with van der Waals surface area (Å²) < 4.78 is 1.06. The van der Waals surface area contributed by atoms with Crippen molar-refractivity contribution >= 4 is 11.4 Å². The third-order valence-electron chi connectivity index (χ3n) is 4.48. The highest BCUT2D eigenvalue weighted by atomic mass is 15.4. The van der Waals surface area contributed by atoms with Crippen LogP contribution in [-0.2, 0) is 0 Å². The number of piperidine rings is 1. The molecule has 1 heterocycles. The number of benzene rings is 1. The standard InChI is InChI=1S/C17H26N3/c1-5-11-20(4)13-14(2)17(12-15(20)3)19-18-16-9-7-6-8-10-16/h5-10,14-15,18H,1,11-13H2,2-4H3/q+1/b19-17+/t14-,15+,20?/m1/s1. The van der Waals surface area contributed by atoms with Crippen LogP contribution in [0.15, 0.2) is 48.1 Å². The summed E-state index contributed by atoms with van der Waals surface area (Å²) in [5.41, 5.74) is 5.51. The van der Waals surface area contributed by atoms with Crippen LogP contribution >= 0.6 is 0 Å². The van der Waals surface area contributed by atoms with Crippen molar-refractivity contribution in [3.63, 3.8) is 0 Å². The molecule has 0 aromatic heterocycles. The van der Waals surface area contributed by atoms with Gasteiger partial charge in [0.1, 0.15) is 0 Å². The van der Waals surface area contributed by atoms with E-state index in [0.29, 0.717) is 12.0 Å². The highest BCUT2D eigenvalue weighted by Crippen LogP contribution is 2.26. The normalized spacial score (nSPS) is 32.0. The van der Waals surface area contributed by atoms with Crippen molar-refractivity contribution in [1.29, 1.82) is 0 Å². The molecule has 0 amide bonds. The molecule has 1 saturated heterocycles. The number of hydrogen-bond donors (Lipinski definition) is 1. The van der Waals surface area contributed by atoms with Gasteiger partial charge in [0.2, 0.25) is 0 Å². The molecule has 1 aliphatic rings. The van der Waals surface area contributed by atoms with Crippen molar-refractivity contribution in [3.05, 3.63) is 43.0 Å². The minimum Gasteiger partial charge on any atom is -0.320 e. The maximum atomic E-state index is 4.64. The highest BCUT2D eigenvalue weighted by molar-refractivity contribution is 5.88. The smallest absolute Gasteiger partial charge is 0.0971 e. The topological polar surface area (TPSA) is 24.4 Å². The van der Waals surface area contributed by atoms with Crippen LogP contribution < -0.4 is 5.43 Å². The van der Waals surface area contributed by atoms with Crippen LogP contribution in [-0.4, -0.2) is 36.4 Å². The van der Waals surface area contributed by atoms with Crippen LogP contribution in [0.1, 0.15) is 20.3 Å². The number of rotatable bonds is 4. The fourth-order valence-corrected chi connectivity index (χ4v) is 2.99. The van der Waals surface area contributed by atoms with Gasteiger partial charge in [-0.1, -0.05) is 31.7 Å². The van der Waals surface area contributed by atoms with Crippen LogP contribution in [0.4, 0.5) is 5.69 Å². The van der Waals surface area contributed by atoms with Gasteiger partial charge in [-0.25, -0.2) is 0 Å². The van der Waals surface area contributed by atoms with Gasteiger partial charge in [-0.3, -0.25) is 5.43 Å². The first-order valence-electron chi connectivity index (χ1n) is 7.38. The average Bonchev–Trinajstić information content (AvgIpc) is 2.43. The first-order chi connectivity index (χ1) is 9.55. The number of para-hydroxylation sites is 1. The molecule has 1 N–H and O–H groups in total. The Balaban J connectivity index is 2.06. The molecule has 3 atom stereocenters. The van der Waals surface area contributed by atoms with Gasteiger partial charge in [0, 0.05) is 12.3 Å². The van der Waals surface area contributed by atoms with E-state index >= 15 is 0 Å². The summed E-state index contributed by atoms with van der Waals surface area (Å²) >= 11 is 0. The molecule has 20 heavy (non-hydrogen) atoms. The second-order valence-corrected chi connectivity index (χ2v) is 6.17. The van der Waals surface area contributed by atoms with Crippen molar-refractivity contribution < 1.29 is 4.48 Å². The van der Waals surface area contributed by atoms with E-state index in [1.165, 1.54) is 5.71 Å². The summed E-state index contributed by atoms with van der Waals surface area (Å²) in [6.45, 7) is 10.6. The Morgan fingerprint density at radius 2 is 2.05 bits per heavy atom. The second-order valence-electron chi connectivity index (χ2n) is 6.17. The summed E-state index contributed by atoms with van der Waals surface area (Å²) in [5.74, 6) is 0.507. The third-order valence-corrected chi connectivity index (χ3v) is 4.48. The zero-order valence-electron chi connectivity index (χ0n) is 12.8. The van der Waals surface area contributed by atoms with Gasteiger partial charge in [0.15, 0.2) is 0 Å². The van der Waals surface area contributed by atoms with E-state index in [0.717, 1.165) is 29.7 Å². The van der Waals surface area contributed by atoms with Gasteiger partial charge >= 0.3 is 0 Å². The van der Waals surface area contributed by atoms with Gasteiger partial charge in [-0.2, -0.15) is 5.10 Å². The van der Waals surface area contributed by atoms with E-state index in [-0.39, 0.29) is 0 Å². The molecule has 0 bridgehead atoms. The molecule has 108 valence electrons. The number of anilines is 1. The van der Waals surface area contributed by atoms with Gasteiger partial charge in [0.25, 0.3) is 0 Å². The molecule has 0 aliphatic carbocycles. The van der Waals surface area contributed by atoms with E-state index in [2.05, 4.69) is 38.0 Å². The average molecular weight is 272 g/mol. The molecule has 1 aromatic carbocycles. The Morgan fingerprint density at radius 3 is 2.70 bits per heavy atom. The lowest BCUT2D eigenvalue weighted by atomic mass is 9.90. The second kappa shape index (κ2) is 6.23. The summed E-state index contributed by atoms with van der Waals surface area (Å²) in [4.78, 5) is 0. The predicted octanol–water partition coefficient (Wildman–Crippen LogP) is 3.52. The Kier molecular flexibility index (Phi) is 4.61. The SMILES string of the molecule is C=CC[N+]1(C)C[C@@H](C)/C(=N/Nc2ccccc2)C[C@@H]1C. The maximum Gasteiger partial charge on any atom is 0.0971 e. The van der Waals surface area contributed by atoms with Crippen molar-refractivity contribution in [2.24, 2.45) is 11.0 Å². The molecule has 2 rings (SSSR count). The lowest BCUT2D eigenvalue weighted by Gasteiger charge is -2.45. The summed E-state index contributed by atoms with van der Waals surface area (Å²) in [5, 5.41) is 4.64.